The molecule has 2 rings (SSSR count). The van der Waals surface area contributed by atoms with Crippen LogP contribution < -0.4 is 5.73 Å². The van der Waals surface area contributed by atoms with Gasteiger partial charge in [0.1, 0.15) is 0 Å². The van der Waals surface area contributed by atoms with E-state index in [9.17, 15) is 0 Å². The van der Waals surface area contributed by atoms with E-state index in [4.69, 9.17) is 10.5 Å². The van der Waals surface area contributed by atoms with Crippen molar-refractivity contribution in [3.05, 3.63) is 35.5 Å². The maximum absolute atomic E-state index is 6.07. The number of hydrogen-bond donors (Lipinski definition) is 2. The van der Waals surface area contributed by atoms with Crippen LogP contribution in [0.25, 0.3) is 10.9 Å². The molecule has 1 aromatic heterocycles. The first-order chi connectivity index (χ1) is 7.24. The highest BCUT2D eigenvalue weighted by atomic mass is 16.5. The molecule has 0 saturated carbocycles. The number of ether oxygens (including phenoxy) is 1. The molecule has 0 fully saturated rings. The van der Waals surface area contributed by atoms with Gasteiger partial charge in [0, 0.05) is 23.7 Å². The molecule has 1 heterocycles. The van der Waals surface area contributed by atoms with Gasteiger partial charge in [0.2, 0.25) is 0 Å². The molecule has 15 heavy (non-hydrogen) atoms. The normalized spacial score (nSPS) is 13.3. The number of nitrogens with one attached hydrogen (secondary N) is 1. The highest BCUT2D eigenvalue weighted by molar-refractivity contribution is 5.85. The Labute approximate surface area is 89.2 Å². The number of methoxy groups -OCH3 is 1. The summed E-state index contributed by atoms with van der Waals surface area (Å²) in [6, 6.07) is 8.13. The van der Waals surface area contributed by atoms with E-state index in [1.54, 1.807) is 7.11 Å². The summed E-state index contributed by atoms with van der Waals surface area (Å²) in [4.78, 5) is 3.33. The van der Waals surface area contributed by atoms with Gasteiger partial charge in [0.25, 0.3) is 0 Å². The van der Waals surface area contributed by atoms with Crippen molar-refractivity contribution >= 4 is 10.9 Å². The summed E-state index contributed by atoms with van der Waals surface area (Å²) >= 11 is 0. The maximum Gasteiger partial charge on any atom is 0.0656 e. The number of H-pyrrole nitrogens is 1. The molecule has 0 radical (unpaired) electrons. The second-order valence-electron chi connectivity index (χ2n) is 3.77. The molecule has 3 N–H and O–H groups in total. The average Bonchev–Trinajstić information content (AvgIpc) is 2.54. The molecular formula is C12H16N2O. The molecule has 80 valence electrons. The van der Waals surface area contributed by atoms with Crippen LogP contribution in [0.1, 0.15) is 17.3 Å². The number of benzene rings is 1. The zero-order valence-corrected chi connectivity index (χ0v) is 9.08. The lowest BCUT2D eigenvalue weighted by Gasteiger charge is -2.10. The van der Waals surface area contributed by atoms with Crippen LogP contribution in [0, 0.1) is 6.92 Å². The van der Waals surface area contributed by atoms with Crippen molar-refractivity contribution in [2.24, 2.45) is 5.73 Å². The number of aryl methyl sites for hydroxylation is 1. The van der Waals surface area contributed by atoms with Gasteiger partial charge in [-0.05, 0) is 18.6 Å². The van der Waals surface area contributed by atoms with E-state index in [0.717, 1.165) is 16.8 Å². The van der Waals surface area contributed by atoms with Gasteiger partial charge in [0.05, 0.1) is 12.6 Å². The van der Waals surface area contributed by atoms with Gasteiger partial charge in [-0.2, -0.15) is 0 Å². The number of aromatic amines is 1. The van der Waals surface area contributed by atoms with Crippen molar-refractivity contribution in [2.45, 2.75) is 13.0 Å². The van der Waals surface area contributed by atoms with Gasteiger partial charge in [-0.15, -0.1) is 0 Å². The first-order valence-corrected chi connectivity index (χ1v) is 5.05. The van der Waals surface area contributed by atoms with Crippen LogP contribution in [-0.2, 0) is 4.74 Å². The van der Waals surface area contributed by atoms with Crippen molar-refractivity contribution < 1.29 is 4.74 Å². The third kappa shape index (κ3) is 1.76. The highest BCUT2D eigenvalue weighted by Gasteiger charge is 2.14. The van der Waals surface area contributed by atoms with Crippen LogP contribution in [0.4, 0.5) is 0 Å². The lowest BCUT2D eigenvalue weighted by Crippen LogP contribution is -2.16. The van der Waals surface area contributed by atoms with E-state index in [-0.39, 0.29) is 6.04 Å². The first kappa shape index (κ1) is 10.2. The fourth-order valence-corrected chi connectivity index (χ4v) is 2.04. The van der Waals surface area contributed by atoms with Gasteiger partial charge in [-0.25, -0.2) is 0 Å². The lowest BCUT2D eigenvalue weighted by molar-refractivity contribution is 0.181. The molecule has 2 aromatic rings. The van der Waals surface area contributed by atoms with Crippen molar-refractivity contribution in [1.82, 2.24) is 4.98 Å². The number of nitrogens with two attached hydrogens (primary N) is 1. The third-order valence-corrected chi connectivity index (χ3v) is 2.66. The molecule has 0 saturated heterocycles. The van der Waals surface area contributed by atoms with Crippen LogP contribution in [0.2, 0.25) is 0 Å². The number of para-hydroxylation sites is 1. The Bertz CT molecular complexity index is 462. The zero-order valence-electron chi connectivity index (χ0n) is 9.08. The minimum atomic E-state index is -0.0638. The van der Waals surface area contributed by atoms with Crippen molar-refractivity contribution in [1.29, 1.82) is 0 Å². The Morgan fingerprint density at radius 1 is 1.40 bits per heavy atom. The second kappa shape index (κ2) is 4.04. The SMILES string of the molecule is COCC(N)c1c(C)[nH]c2ccccc12. The molecule has 1 atom stereocenters. The summed E-state index contributed by atoms with van der Waals surface area (Å²) in [6.07, 6.45) is 0. The Hall–Kier alpha value is -1.32. The predicted octanol–water partition coefficient (Wildman–Crippen LogP) is 2.12. The van der Waals surface area contributed by atoms with Crippen LogP contribution >= 0.6 is 0 Å². The van der Waals surface area contributed by atoms with E-state index >= 15 is 0 Å². The van der Waals surface area contributed by atoms with E-state index in [0.29, 0.717) is 6.61 Å². The van der Waals surface area contributed by atoms with Crippen LogP contribution in [0.3, 0.4) is 0 Å². The van der Waals surface area contributed by atoms with Crippen LogP contribution in [-0.4, -0.2) is 18.7 Å². The molecule has 0 aliphatic carbocycles. The minimum absolute atomic E-state index is 0.0638. The Morgan fingerprint density at radius 3 is 2.87 bits per heavy atom. The molecule has 0 amide bonds. The predicted molar refractivity (Wildman–Crippen MR) is 61.8 cm³/mol. The number of hydrogen-bond acceptors (Lipinski definition) is 2. The van der Waals surface area contributed by atoms with Crippen molar-refractivity contribution in [2.75, 3.05) is 13.7 Å². The summed E-state index contributed by atoms with van der Waals surface area (Å²) < 4.78 is 5.09. The van der Waals surface area contributed by atoms with E-state index < -0.39 is 0 Å². The monoisotopic (exact) mass is 204 g/mol. The summed E-state index contributed by atoms with van der Waals surface area (Å²) in [5.41, 5.74) is 9.49. The standard InChI is InChI=1S/C12H16N2O/c1-8-12(10(13)7-15-2)9-5-3-4-6-11(9)14-8/h3-6,10,14H,7,13H2,1-2H3. The van der Waals surface area contributed by atoms with Crippen LogP contribution in [0.15, 0.2) is 24.3 Å². The second-order valence-corrected chi connectivity index (χ2v) is 3.77. The largest absolute Gasteiger partial charge is 0.383 e. The first-order valence-electron chi connectivity index (χ1n) is 5.05. The van der Waals surface area contributed by atoms with Gasteiger partial charge >= 0.3 is 0 Å². The molecule has 0 spiro atoms. The van der Waals surface area contributed by atoms with E-state index in [1.807, 2.05) is 19.1 Å². The van der Waals surface area contributed by atoms with Crippen LogP contribution in [0.5, 0.6) is 0 Å². The maximum atomic E-state index is 6.07. The zero-order chi connectivity index (χ0) is 10.8. The van der Waals surface area contributed by atoms with E-state index in [2.05, 4.69) is 17.1 Å². The average molecular weight is 204 g/mol. The number of fused-ring (bicyclic) bond motifs is 1. The summed E-state index contributed by atoms with van der Waals surface area (Å²) in [7, 11) is 1.67. The molecule has 3 nitrogen and oxygen atoms in total. The molecular weight excluding hydrogens is 188 g/mol. The summed E-state index contributed by atoms with van der Waals surface area (Å²) in [5.74, 6) is 0. The lowest BCUT2D eigenvalue weighted by atomic mass is 10.0. The fourth-order valence-electron chi connectivity index (χ4n) is 2.04. The third-order valence-electron chi connectivity index (χ3n) is 2.66. The molecule has 0 aliphatic heterocycles. The van der Waals surface area contributed by atoms with Gasteiger partial charge < -0.3 is 15.5 Å². The number of rotatable bonds is 3. The number of aromatic nitrogens is 1. The molecule has 0 aliphatic rings. The Morgan fingerprint density at radius 2 is 2.13 bits per heavy atom. The Balaban J connectivity index is 2.53. The van der Waals surface area contributed by atoms with Gasteiger partial charge in [-0.3, -0.25) is 0 Å². The van der Waals surface area contributed by atoms with Gasteiger partial charge in [0.15, 0.2) is 0 Å². The summed E-state index contributed by atoms with van der Waals surface area (Å²) in [6.45, 7) is 2.59. The van der Waals surface area contributed by atoms with Gasteiger partial charge in [-0.1, -0.05) is 18.2 Å². The minimum Gasteiger partial charge on any atom is -0.383 e. The highest BCUT2D eigenvalue weighted by Crippen LogP contribution is 2.26. The smallest absolute Gasteiger partial charge is 0.0656 e. The molecule has 1 aromatic carbocycles. The molecule has 0 bridgehead atoms. The van der Waals surface area contributed by atoms with Crippen molar-refractivity contribution in [3.8, 4) is 0 Å². The van der Waals surface area contributed by atoms with E-state index in [1.165, 1.54) is 5.39 Å². The fraction of sp³-hybridized carbons (Fsp3) is 0.333. The van der Waals surface area contributed by atoms with Crippen molar-refractivity contribution in [3.63, 3.8) is 0 Å². The summed E-state index contributed by atoms with van der Waals surface area (Å²) in [5, 5.41) is 1.19. The molecule has 3 heteroatoms. The molecule has 1 unspecified atom stereocenters. The quantitative estimate of drug-likeness (QED) is 0.804. The topological polar surface area (TPSA) is 51.0 Å². The Kier molecular flexibility index (Phi) is 2.75.